The molecule has 1 aliphatic heterocycles. The average molecular weight is 479 g/mol. The minimum Gasteiger partial charge on any atom is -0.427 e. The van der Waals surface area contributed by atoms with Gasteiger partial charge in [-0.15, -0.1) is 24.8 Å². The van der Waals surface area contributed by atoms with Crippen LogP contribution in [-0.2, 0) is 6.54 Å². The molecule has 0 radical (unpaired) electrons. The molecule has 3 aromatic rings. The Morgan fingerprint density at radius 1 is 1.25 bits per heavy atom. The number of hydrogen-bond donors (Lipinski definition) is 2. The fraction of sp³-hybridized carbons (Fsp3) is 0.348. The maximum atomic E-state index is 12.6. The molecule has 1 unspecified atom stereocenters. The summed E-state index contributed by atoms with van der Waals surface area (Å²) in [7, 11) is 0. The number of amides is 1. The van der Waals surface area contributed by atoms with Gasteiger partial charge in [-0.25, -0.2) is 9.78 Å². The molecule has 2 aromatic heterocycles. The normalized spacial score (nSPS) is 15.4. The first-order chi connectivity index (χ1) is 14.5. The van der Waals surface area contributed by atoms with Crippen molar-refractivity contribution >= 4 is 30.7 Å². The van der Waals surface area contributed by atoms with Crippen LogP contribution in [-0.4, -0.2) is 28.5 Å². The van der Waals surface area contributed by atoms with Crippen molar-refractivity contribution in [2.45, 2.75) is 39.2 Å². The second-order valence-corrected chi connectivity index (χ2v) is 7.73. The minimum absolute atomic E-state index is 0. The van der Waals surface area contributed by atoms with Crippen molar-refractivity contribution in [3.05, 3.63) is 81.4 Å². The zero-order valence-electron chi connectivity index (χ0n) is 18.1. The predicted octanol–water partition coefficient (Wildman–Crippen LogP) is 3.68. The highest BCUT2D eigenvalue weighted by molar-refractivity contribution is 5.95. The van der Waals surface area contributed by atoms with E-state index in [9.17, 15) is 9.59 Å². The number of carbonyl (C=O) groups excluding carboxylic acids is 1. The van der Waals surface area contributed by atoms with Crippen molar-refractivity contribution in [2.24, 2.45) is 0 Å². The van der Waals surface area contributed by atoms with E-state index in [0.29, 0.717) is 17.9 Å². The number of nitrogens with one attached hydrogen (secondary N) is 2. The second kappa shape index (κ2) is 11.3. The molecule has 2 N–H and O–H groups in total. The summed E-state index contributed by atoms with van der Waals surface area (Å²) in [5.41, 5.74) is 2.10. The molecule has 0 saturated carbocycles. The largest absolute Gasteiger partial charge is 0.427 e. The van der Waals surface area contributed by atoms with Crippen molar-refractivity contribution in [3.63, 3.8) is 0 Å². The molecule has 3 heterocycles. The van der Waals surface area contributed by atoms with E-state index in [2.05, 4.69) is 15.6 Å². The van der Waals surface area contributed by atoms with Crippen LogP contribution in [0.25, 0.3) is 5.69 Å². The predicted molar refractivity (Wildman–Crippen MR) is 129 cm³/mol. The lowest BCUT2D eigenvalue weighted by atomic mass is 9.95. The summed E-state index contributed by atoms with van der Waals surface area (Å²) in [5, 5.41) is 6.15. The highest BCUT2D eigenvalue weighted by Gasteiger charge is 2.22. The van der Waals surface area contributed by atoms with Gasteiger partial charge >= 0.3 is 5.63 Å². The smallest absolute Gasteiger partial charge is 0.349 e. The van der Waals surface area contributed by atoms with Gasteiger partial charge in [0.05, 0.1) is 0 Å². The van der Waals surface area contributed by atoms with E-state index in [1.165, 1.54) is 0 Å². The molecule has 0 bridgehead atoms. The Hall–Kier alpha value is -2.61. The first-order valence-corrected chi connectivity index (χ1v) is 10.3. The molecule has 1 aromatic carbocycles. The number of piperidine rings is 1. The van der Waals surface area contributed by atoms with Crippen molar-refractivity contribution in [2.75, 3.05) is 13.1 Å². The monoisotopic (exact) mass is 478 g/mol. The molecule has 0 aliphatic carbocycles. The van der Waals surface area contributed by atoms with Crippen LogP contribution in [0.15, 0.2) is 51.9 Å². The van der Waals surface area contributed by atoms with E-state index in [1.54, 1.807) is 13.1 Å². The summed E-state index contributed by atoms with van der Waals surface area (Å²) >= 11 is 0. The fourth-order valence-electron chi connectivity index (χ4n) is 3.90. The maximum absolute atomic E-state index is 12.6. The lowest BCUT2D eigenvalue weighted by Crippen LogP contribution is -2.31. The van der Waals surface area contributed by atoms with Crippen LogP contribution < -0.4 is 16.3 Å². The number of halogens is 2. The van der Waals surface area contributed by atoms with E-state index in [-0.39, 0.29) is 36.3 Å². The number of imidazole rings is 1. The topological polar surface area (TPSA) is 89.2 Å². The molecular formula is C23H28Cl2N4O3. The van der Waals surface area contributed by atoms with Crippen molar-refractivity contribution < 1.29 is 9.21 Å². The maximum Gasteiger partial charge on any atom is 0.349 e. The summed E-state index contributed by atoms with van der Waals surface area (Å²) in [6, 6.07) is 9.68. The highest BCUT2D eigenvalue weighted by atomic mass is 35.5. The van der Waals surface area contributed by atoms with Gasteiger partial charge in [0.25, 0.3) is 5.91 Å². The van der Waals surface area contributed by atoms with Gasteiger partial charge in [0.15, 0.2) is 0 Å². The van der Waals surface area contributed by atoms with Crippen LogP contribution >= 0.6 is 24.8 Å². The quantitative estimate of drug-likeness (QED) is 0.583. The van der Waals surface area contributed by atoms with Crippen molar-refractivity contribution in [1.82, 2.24) is 20.2 Å². The van der Waals surface area contributed by atoms with Crippen LogP contribution in [0.2, 0.25) is 0 Å². The van der Waals surface area contributed by atoms with Crippen LogP contribution in [0, 0.1) is 13.8 Å². The summed E-state index contributed by atoms with van der Waals surface area (Å²) in [4.78, 5) is 29.4. The molecule has 1 aliphatic rings. The molecule has 1 saturated heterocycles. The van der Waals surface area contributed by atoms with Gasteiger partial charge in [-0.3, -0.25) is 4.79 Å². The number of carbonyl (C=O) groups is 1. The zero-order chi connectivity index (χ0) is 21.1. The van der Waals surface area contributed by atoms with Gasteiger partial charge in [-0.2, -0.15) is 0 Å². The lowest BCUT2D eigenvalue weighted by molar-refractivity contribution is 0.0945. The first-order valence-electron chi connectivity index (χ1n) is 10.3. The lowest BCUT2D eigenvalue weighted by Gasteiger charge is -2.22. The van der Waals surface area contributed by atoms with E-state index in [0.717, 1.165) is 43.0 Å². The van der Waals surface area contributed by atoms with Gasteiger partial charge in [-0.05, 0) is 62.6 Å². The zero-order valence-corrected chi connectivity index (χ0v) is 19.7. The molecule has 0 spiro atoms. The SMILES string of the molecule is Cc1cc(C2CCCNC2)oc(=O)c1C(=O)NCc1ccc(-n2ccnc2C)cc1.Cl.Cl. The van der Waals surface area contributed by atoms with E-state index in [4.69, 9.17) is 4.42 Å². The Labute approximate surface area is 199 Å². The van der Waals surface area contributed by atoms with Gasteiger partial charge in [0, 0.05) is 37.1 Å². The molecule has 172 valence electrons. The van der Waals surface area contributed by atoms with E-state index in [1.807, 2.05) is 48.0 Å². The Bertz CT molecular complexity index is 1100. The minimum atomic E-state index is -0.570. The van der Waals surface area contributed by atoms with E-state index < -0.39 is 11.5 Å². The molecule has 1 amide bonds. The van der Waals surface area contributed by atoms with Gasteiger partial charge < -0.3 is 19.6 Å². The first kappa shape index (κ1) is 25.6. The van der Waals surface area contributed by atoms with Crippen LogP contribution in [0.1, 0.15) is 51.8 Å². The molecule has 7 nitrogen and oxygen atoms in total. The Balaban J connectivity index is 0.00000181. The summed E-state index contributed by atoms with van der Waals surface area (Å²) in [6.45, 7) is 5.84. The molecule has 32 heavy (non-hydrogen) atoms. The number of aryl methyl sites for hydroxylation is 2. The fourth-order valence-corrected chi connectivity index (χ4v) is 3.90. The Kier molecular flexibility index (Phi) is 9.07. The summed E-state index contributed by atoms with van der Waals surface area (Å²) in [5.74, 6) is 1.33. The van der Waals surface area contributed by atoms with Gasteiger partial charge in [0.1, 0.15) is 17.1 Å². The number of rotatable bonds is 5. The Morgan fingerprint density at radius 3 is 2.59 bits per heavy atom. The highest BCUT2D eigenvalue weighted by Crippen LogP contribution is 2.23. The average Bonchev–Trinajstić information content (AvgIpc) is 3.18. The van der Waals surface area contributed by atoms with Crippen LogP contribution in [0.3, 0.4) is 0 Å². The third-order valence-corrected chi connectivity index (χ3v) is 5.59. The third kappa shape index (κ3) is 5.59. The number of benzene rings is 1. The summed E-state index contributed by atoms with van der Waals surface area (Å²) in [6.07, 6.45) is 5.69. The van der Waals surface area contributed by atoms with Gasteiger partial charge in [0.2, 0.25) is 0 Å². The molecular weight excluding hydrogens is 451 g/mol. The van der Waals surface area contributed by atoms with Crippen LogP contribution in [0.4, 0.5) is 0 Å². The van der Waals surface area contributed by atoms with Crippen LogP contribution in [0.5, 0.6) is 0 Å². The number of nitrogens with zero attached hydrogens (tertiary/aromatic N) is 2. The van der Waals surface area contributed by atoms with Crippen molar-refractivity contribution in [1.29, 1.82) is 0 Å². The molecule has 1 atom stereocenters. The van der Waals surface area contributed by atoms with Gasteiger partial charge in [-0.1, -0.05) is 12.1 Å². The van der Waals surface area contributed by atoms with Crippen molar-refractivity contribution in [3.8, 4) is 5.69 Å². The molecule has 9 heteroatoms. The van der Waals surface area contributed by atoms with E-state index >= 15 is 0 Å². The summed E-state index contributed by atoms with van der Waals surface area (Å²) < 4.78 is 7.49. The third-order valence-electron chi connectivity index (χ3n) is 5.59. The number of hydrogen-bond acceptors (Lipinski definition) is 5. The number of aromatic nitrogens is 2. The molecule has 1 fully saturated rings. The molecule has 4 rings (SSSR count). The second-order valence-electron chi connectivity index (χ2n) is 7.73. The standard InChI is InChI=1S/C23H26N4O3.2ClH/c1-15-12-20(18-4-3-9-24-14-18)30-23(29)21(15)22(28)26-13-17-5-7-19(8-6-17)27-11-10-25-16(27)2;;/h5-8,10-12,18,24H,3-4,9,13-14H2,1-2H3,(H,26,28);2*1H. The Morgan fingerprint density at radius 2 is 2.00 bits per heavy atom.